The molecule has 1 aliphatic carbocycles. The summed E-state index contributed by atoms with van der Waals surface area (Å²) in [6.07, 6.45) is 3.39. The van der Waals surface area contributed by atoms with Crippen LogP contribution in [0, 0.1) is 12.8 Å². The zero-order chi connectivity index (χ0) is 14.7. The van der Waals surface area contributed by atoms with Crippen molar-refractivity contribution >= 4 is 21.8 Å². The monoisotopic (exact) mass is 338 g/mol. The van der Waals surface area contributed by atoms with E-state index in [0.29, 0.717) is 18.5 Å². The van der Waals surface area contributed by atoms with Gasteiger partial charge in [0.25, 0.3) is 5.91 Å². The summed E-state index contributed by atoms with van der Waals surface area (Å²) in [5.74, 6) is 0.563. The van der Waals surface area contributed by atoms with Crippen molar-refractivity contribution in [2.45, 2.75) is 39.2 Å². The third-order valence-corrected chi connectivity index (χ3v) is 4.93. The standard InChI is InChI=1S/C16H23BrN2O/c1-3-19(15-6-4-5-12(15)10-18)16(20)13-8-7-11(2)9-14(13)17/h7-9,12,15H,3-6,10,18H2,1-2H3. The number of halogens is 1. The van der Waals surface area contributed by atoms with E-state index in [1.807, 2.05) is 36.9 Å². The fourth-order valence-corrected chi connectivity index (χ4v) is 3.84. The number of hydrogen-bond acceptors (Lipinski definition) is 2. The van der Waals surface area contributed by atoms with E-state index in [2.05, 4.69) is 15.9 Å². The quantitative estimate of drug-likeness (QED) is 0.914. The molecule has 0 saturated heterocycles. The Labute approximate surface area is 129 Å². The summed E-state index contributed by atoms with van der Waals surface area (Å²) in [5, 5.41) is 0. The first-order valence-corrected chi connectivity index (χ1v) is 8.15. The van der Waals surface area contributed by atoms with E-state index >= 15 is 0 Å². The van der Waals surface area contributed by atoms with Crippen molar-refractivity contribution in [2.75, 3.05) is 13.1 Å². The second-order valence-electron chi connectivity index (χ2n) is 5.57. The molecule has 3 nitrogen and oxygen atoms in total. The number of nitrogens with two attached hydrogens (primary N) is 1. The van der Waals surface area contributed by atoms with E-state index in [9.17, 15) is 4.79 Å². The molecule has 1 aromatic rings. The van der Waals surface area contributed by atoms with Crippen LogP contribution in [0.3, 0.4) is 0 Å². The first-order chi connectivity index (χ1) is 9.58. The van der Waals surface area contributed by atoms with Crippen LogP contribution in [-0.2, 0) is 0 Å². The molecular formula is C16H23BrN2O. The summed E-state index contributed by atoms with van der Waals surface area (Å²) in [5.41, 5.74) is 7.76. The van der Waals surface area contributed by atoms with Crippen LogP contribution in [0.25, 0.3) is 0 Å². The van der Waals surface area contributed by atoms with E-state index in [4.69, 9.17) is 5.73 Å². The lowest BCUT2D eigenvalue weighted by molar-refractivity contribution is 0.0651. The number of carbonyl (C=O) groups excluding carboxylic acids is 1. The predicted molar refractivity (Wildman–Crippen MR) is 85.8 cm³/mol. The first-order valence-electron chi connectivity index (χ1n) is 7.35. The van der Waals surface area contributed by atoms with Gasteiger partial charge >= 0.3 is 0 Å². The molecule has 1 amide bonds. The average molecular weight is 339 g/mol. The molecule has 2 atom stereocenters. The fourth-order valence-electron chi connectivity index (χ4n) is 3.18. The molecule has 0 radical (unpaired) electrons. The number of carbonyl (C=O) groups is 1. The smallest absolute Gasteiger partial charge is 0.255 e. The number of aryl methyl sites for hydroxylation is 1. The van der Waals surface area contributed by atoms with Gasteiger partial charge in [0.1, 0.15) is 0 Å². The highest BCUT2D eigenvalue weighted by molar-refractivity contribution is 9.10. The summed E-state index contributed by atoms with van der Waals surface area (Å²) in [6, 6.07) is 6.19. The van der Waals surface area contributed by atoms with Gasteiger partial charge in [-0.1, -0.05) is 12.5 Å². The molecule has 1 saturated carbocycles. The van der Waals surface area contributed by atoms with Crippen LogP contribution in [0.15, 0.2) is 22.7 Å². The highest BCUT2D eigenvalue weighted by Gasteiger charge is 2.33. The average Bonchev–Trinajstić information content (AvgIpc) is 2.87. The number of hydrogen-bond donors (Lipinski definition) is 1. The molecule has 0 aromatic heterocycles. The first kappa shape index (κ1) is 15.5. The van der Waals surface area contributed by atoms with Gasteiger partial charge < -0.3 is 10.6 Å². The highest BCUT2D eigenvalue weighted by Crippen LogP contribution is 2.31. The summed E-state index contributed by atoms with van der Waals surface area (Å²) >= 11 is 3.51. The molecule has 0 spiro atoms. The molecule has 110 valence electrons. The number of rotatable bonds is 4. The van der Waals surface area contributed by atoms with Crippen LogP contribution >= 0.6 is 15.9 Å². The Balaban J connectivity index is 2.24. The lowest BCUT2D eigenvalue weighted by Gasteiger charge is -2.32. The third-order valence-electron chi connectivity index (χ3n) is 4.28. The second-order valence-corrected chi connectivity index (χ2v) is 6.42. The molecular weight excluding hydrogens is 316 g/mol. The maximum atomic E-state index is 12.8. The summed E-state index contributed by atoms with van der Waals surface area (Å²) in [7, 11) is 0. The van der Waals surface area contributed by atoms with E-state index in [1.165, 1.54) is 6.42 Å². The van der Waals surface area contributed by atoms with E-state index in [1.54, 1.807) is 0 Å². The molecule has 0 heterocycles. The van der Waals surface area contributed by atoms with Gasteiger partial charge in [-0.05, 0) is 72.8 Å². The van der Waals surface area contributed by atoms with Crippen molar-refractivity contribution in [1.29, 1.82) is 0 Å². The topological polar surface area (TPSA) is 46.3 Å². The van der Waals surface area contributed by atoms with E-state index < -0.39 is 0 Å². The van der Waals surface area contributed by atoms with Crippen molar-refractivity contribution in [2.24, 2.45) is 11.7 Å². The Bertz CT molecular complexity index is 489. The van der Waals surface area contributed by atoms with Gasteiger partial charge in [0.2, 0.25) is 0 Å². The van der Waals surface area contributed by atoms with Crippen molar-refractivity contribution < 1.29 is 4.79 Å². The van der Waals surface area contributed by atoms with Crippen LogP contribution in [-0.4, -0.2) is 29.9 Å². The normalized spacial score (nSPS) is 22.0. The minimum Gasteiger partial charge on any atom is -0.336 e. The van der Waals surface area contributed by atoms with Gasteiger partial charge in [-0.15, -0.1) is 0 Å². The minimum atomic E-state index is 0.115. The largest absolute Gasteiger partial charge is 0.336 e. The maximum absolute atomic E-state index is 12.8. The van der Waals surface area contributed by atoms with Crippen LogP contribution < -0.4 is 5.73 Å². The van der Waals surface area contributed by atoms with Crippen molar-refractivity contribution in [3.05, 3.63) is 33.8 Å². The Morgan fingerprint density at radius 1 is 1.45 bits per heavy atom. The Hall–Kier alpha value is -0.870. The van der Waals surface area contributed by atoms with Crippen LogP contribution in [0.2, 0.25) is 0 Å². The predicted octanol–water partition coefficient (Wildman–Crippen LogP) is 3.35. The lowest BCUT2D eigenvalue weighted by Crippen LogP contribution is -2.44. The zero-order valence-corrected chi connectivity index (χ0v) is 13.8. The highest BCUT2D eigenvalue weighted by atomic mass is 79.9. The third kappa shape index (κ3) is 3.07. The summed E-state index contributed by atoms with van der Waals surface area (Å²) in [4.78, 5) is 14.8. The van der Waals surface area contributed by atoms with Crippen molar-refractivity contribution in [1.82, 2.24) is 4.90 Å². The molecule has 2 N–H and O–H groups in total. The lowest BCUT2D eigenvalue weighted by atomic mass is 10.0. The van der Waals surface area contributed by atoms with E-state index in [-0.39, 0.29) is 5.91 Å². The Morgan fingerprint density at radius 3 is 2.80 bits per heavy atom. The molecule has 2 rings (SSSR count). The molecule has 1 aromatic carbocycles. The van der Waals surface area contributed by atoms with Gasteiger partial charge in [0.15, 0.2) is 0 Å². The van der Waals surface area contributed by atoms with Crippen LogP contribution in [0.4, 0.5) is 0 Å². The molecule has 2 unspecified atom stereocenters. The fraction of sp³-hybridized carbons (Fsp3) is 0.562. The molecule has 4 heteroatoms. The number of nitrogens with zero attached hydrogens (tertiary/aromatic N) is 1. The summed E-state index contributed by atoms with van der Waals surface area (Å²) in [6.45, 7) is 5.48. The van der Waals surface area contributed by atoms with Gasteiger partial charge in [-0.25, -0.2) is 0 Å². The zero-order valence-electron chi connectivity index (χ0n) is 12.2. The number of benzene rings is 1. The van der Waals surface area contributed by atoms with Crippen molar-refractivity contribution in [3.8, 4) is 0 Å². The Kier molecular flexibility index (Phi) is 5.22. The van der Waals surface area contributed by atoms with Crippen molar-refractivity contribution in [3.63, 3.8) is 0 Å². The van der Waals surface area contributed by atoms with E-state index in [0.717, 1.165) is 35.0 Å². The second kappa shape index (κ2) is 6.72. The molecule has 1 fully saturated rings. The van der Waals surface area contributed by atoms with Crippen LogP contribution in [0.5, 0.6) is 0 Å². The van der Waals surface area contributed by atoms with Gasteiger partial charge in [-0.3, -0.25) is 4.79 Å². The number of amides is 1. The minimum absolute atomic E-state index is 0.115. The van der Waals surface area contributed by atoms with Gasteiger partial charge in [0, 0.05) is 17.1 Å². The van der Waals surface area contributed by atoms with Gasteiger partial charge in [0.05, 0.1) is 5.56 Å². The van der Waals surface area contributed by atoms with Gasteiger partial charge in [-0.2, -0.15) is 0 Å². The Morgan fingerprint density at radius 2 is 2.20 bits per heavy atom. The summed E-state index contributed by atoms with van der Waals surface area (Å²) < 4.78 is 0.878. The molecule has 0 aliphatic heterocycles. The molecule has 0 bridgehead atoms. The SMILES string of the molecule is CCN(C(=O)c1ccc(C)cc1Br)C1CCCC1CN. The molecule has 1 aliphatic rings. The molecule has 20 heavy (non-hydrogen) atoms. The van der Waals surface area contributed by atoms with Crippen LogP contribution in [0.1, 0.15) is 42.1 Å². The maximum Gasteiger partial charge on any atom is 0.255 e.